The van der Waals surface area contributed by atoms with Crippen molar-refractivity contribution in [2.75, 3.05) is 0 Å². The van der Waals surface area contributed by atoms with Crippen molar-refractivity contribution >= 4 is 17.4 Å². The maximum atomic E-state index is 13.1. The van der Waals surface area contributed by atoms with Gasteiger partial charge in [-0.05, 0) is 30.5 Å². The molecular formula is C18H22ClN3O. The van der Waals surface area contributed by atoms with Crippen LogP contribution in [0.15, 0.2) is 49.1 Å². The number of ketones is 1. The summed E-state index contributed by atoms with van der Waals surface area (Å²) in [4.78, 5) is 17.0. The molecule has 0 N–H and O–H groups in total. The average molecular weight is 332 g/mol. The third kappa shape index (κ3) is 4.52. The Bertz CT molecular complexity index is 660. The number of rotatable bonds is 7. The van der Waals surface area contributed by atoms with Gasteiger partial charge in [-0.3, -0.25) is 4.79 Å². The molecule has 1 aromatic carbocycles. The monoisotopic (exact) mass is 331 g/mol. The van der Waals surface area contributed by atoms with Gasteiger partial charge in [0.25, 0.3) is 0 Å². The van der Waals surface area contributed by atoms with Crippen molar-refractivity contribution in [3.8, 4) is 0 Å². The van der Waals surface area contributed by atoms with Crippen LogP contribution in [0.2, 0.25) is 5.02 Å². The predicted octanol–water partition coefficient (Wildman–Crippen LogP) is 4.28. The fourth-order valence-corrected chi connectivity index (χ4v) is 2.65. The first-order valence-electron chi connectivity index (χ1n) is 7.73. The molecular weight excluding hydrogens is 310 g/mol. The van der Waals surface area contributed by atoms with Crippen LogP contribution in [0.3, 0.4) is 0 Å². The van der Waals surface area contributed by atoms with E-state index in [1.807, 2.05) is 57.2 Å². The average Bonchev–Trinajstić information content (AvgIpc) is 3.04. The minimum atomic E-state index is -0.525. The van der Waals surface area contributed by atoms with Crippen molar-refractivity contribution in [2.24, 2.45) is 5.41 Å². The molecule has 4 nitrogen and oxygen atoms in total. The highest BCUT2D eigenvalue weighted by Crippen LogP contribution is 2.29. The van der Waals surface area contributed by atoms with E-state index < -0.39 is 11.5 Å². The summed E-state index contributed by atoms with van der Waals surface area (Å²) in [6, 6.07) is 7.19. The first-order valence-corrected chi connectivity index (χ1v) is 8.11. The molecule has 1 heterocycles. The van der Waals surface area contributed by atoms with Gasteiger partial charge in [0.15, 0.2) is 5.78 Å². The molecule has 2 rings (SSSR count). The molecule has 0 radical (unpaired) electrons. The highest BCUT2D eigenvalue weighted by Gasteiger charge is 2.34. The first-order chi connectivity index (χ1) is 10.9. The molecule has 0 aliphatic rings. The Morgan fingerprint density at radius 1 is 1.35 bits per heavy atom. The van der Waals surface area contributed by atoms with Crippen LogP contribution in [-0.4, -0.2) is 20.5 Å². The number of hydrogen-bond acceptors (Lipinski definition) is 3. The zero-order valence-corrected chi connectivity index (χ0v) is 14.5. The van der Waals surface area contributed by atoms with Crippen molar-refractivity contribution in [1.29, 1.82) is 0 Å². The molecule has 0 aliphatic heterocycles. The SMILES string of the molecule is CC/C=C/C(C(=O)C(C)(C)Cc1ccc(Cl)cc1)n1cncn1. The van der Waals surface area contributed by atoms with Crippen molar-refractivity contribution in [3.63, 3.8) is 0 Å². The van der Waals surface area contributed by atoms with E-state index in [0.717, 1.165) is 12.0 Å². The summed E-state index contributed by atoms with van der Waals surface area (Å²) in [5.41, 5.74) is 0.562. The summed E-state index contributed by atoms with van der Waals surface area (Å²) in [6.07, 6.45) is 8.45. The largest absolute Gasteiger partial charge is 0.296 e. The third-order valence-electron chi connectivity index (χ3n) is 3.77. The second-order valence-electron chi connectivity index (χ2n) is 6.21. The lowest BCUT2D eigenvalue weighted by Gasteiger charge is -2.27. The fraction of sp³-hybridized carbons (Fsp3) is 0.389. The van der Waals surface area contributed by atoms with Crippen molar-refractivity contribution in [3.05, 3.63) is 59.7 Å². The van der Waals surface area contributed by atoms with Gasteiger partial charge in [0.05, 0.1) is 0 Å². The molecule has 23 heavy (non-hydrogen) atoms. The molecule has 0 fully saturated rings. The van der Waals surface area contributed by atoms with Crippen molar-refractivity contribution in [2.45, 2.75) is 39.7 Å². The Hall–Kier alpha value is -1.94. The van der Waals surface area contributed by atoms with Gasteiger partial charge in [-0.15, -0.1) is 0 Å². The first kappa shape index (κ1) is 17.4. The minimum Gasteiger partial charge on any atom is -0.296 e. The standard InChI is InChI=1S/C18H22ClN3O/c1-4-5-6-16(22-13-20-12-21-22)17(23)18(2,3)11-14-7-9-15(19)10-8-14/h5-10,12-13,16H,4,11H2,1-3H3/b6-5+. The van der Waals surface area contributed by atoms with Crippen LogP contribution in [0.5, 0.6) is 0 Å². The number of benzene rings is 1. The number of carbonyl (C=O) groups is 1. The summed E-state index contributed by atoms with van der Waals surface area (Å²) in [7, 11) is 0. The van der Waals surface area contributed by atoms with Gasteiger partial charge in [0.2, 0.25) is 0 Å². The molecule has 5 heteroatoms. The highest BCUT2D eigenvalue weighted by atomic mass is 35.5. The van der Waals surface area contributed by atoms with Gasteiger partial charge in [-0.25, -0.2) is 9.67 Å². The van der Waals surface area contributed by atoms with Gasteiger partial charge in [-0.1, -0.05) is 56.7 Å². The van der Waals surface area contributed by atoms with Gasteiger partial charge in [-0.2, -0.15) is 5.10 Å². The summed E-state index contributed by atoms with van der Waals surface area (Å²) < 4.78 is 1.61. The van der Waals surface area contributed by atoms with E-state index in [0.29, 0.717) is 11.4 Å². The number of allylic oxidation sites excluding steroid dienone is 2. The fourth-order valence-electron chi connectivity index (χ4n) is 2.52. The molecule has 1 atom stereocenters. The molecule has 1 unspecified atom stereocenters. The Balaban J connectivity index is 2.23. The number of Topliss-reactive ketones (excluding diaryl/α,β-unsaturated/α-hetero) is 1. The minimum absolute atomic E-state index is 0.114. The Labute approximate surface area is 142 Å². The maximum Gasteiger partial charge on any atom is 0.167 e. The lowest BCUT2D eigenvalue weighted by Crippen LogP contribution is -2.34. The van der Waals surface area contributed by atoms with E-state index >= 15 is 0 Å². The van der Waals surface area contributed by atoms with E-state index in [4.69, 9.17) is 11.6 Å². The Morgan fingerprint density at radius 3 is 2.61 bits per heavy atom. The van der Waals surface area contributed by atoms with Gasteiger partial charge >= 0.3 is 0 Å². The topological polar surface area (TPSA) is 47.8 Å². The van der Waals surface area contributed by atoms with Crippen LogP contribution in [0, 0.1) is 5.41 Å². The summed E-state index contributed by atoms with van der Waals surface area (Å²) >= 11 is 5.93. The lowest BCUT2D eigenvalue weighted by molar-refractivity contribution is -0.129. The van der Waals surface area contributed by atoms with E-state index in [1.165, 1.54) is 6.33 Å². The van der Waals surface area contributed by atoms with Crippen LogP contribution in [-0.2, 0) is 11.2 Å². The molecule has 0 aliphatic carbocycles. The Kier molecular flexibility index (Phi) is 5.72. The summed E-state index contributed by atoms with van der Waals surface area (Å²) in [6.45, 7) is 5.97. The van der Waals surface area contributed by atoms with E-state index in [1.54, 1.807) is 11.0 Å². The quantitative estimate of drug-likeness (QED) is 0.711. The lowest BCUT2D eigenvalue weighted by atomic mass is 9.78. The van der Waals surface area contributed by atoms with Crippen molar-refractivity contribution < 1.29 is 4.79 Å². The van der Waals surface area contributed by atoms with Gasteiger partial charge in [0.1, 0.15) is 18.7 Å². The number of halogens is 1. The summed E-state index contributed by atoms with van der Waals surface area (Å²) in [5, 5.41) is 4.84. The molecule has 0 saturated heterocycles. The zero-order valence-electron chi connectivity index (χ0n) is 13.7. The predicted molar refractivity (Wildman–Crippen MR) is 92.4 cm³/mol. The second-order valence-corrected chi connectivity index (χ2v) is 6.64. The van der Waals surface area contributed by atoms with Crippen LogP contribution < -0.4 is 0 Å². The smallest absolute Gasteiger partial charge is 0.167 e. The number of carbonyl (C=O) groups excluding carboxylic acids is 1. The molecule has 122 valence electrons. The molecule has 0 amide bonds. The van der Waals surface area contributed by atoms with Crippen LogP contribution >= 0.6 is 11.6 Å². The second kappa shape index (κ2) is 7.55. The van der Waals surface area contributed by atoms with E-state index in [9.17, 15) is 4.79 Å². The van der Waals surface area contributed by atoms with E-state index in [-0.39, 0.29) is 5.78 Å². The van der Waals surface area contributed by atoms with Gasteiger partial charge < -0.3 is 0 Å². The normalized spacial score (nSPS) is 13.4. The van der Waals surface area contributed by atoms with E-state index in [2.05, 4.69) is 10.1 Å². The highest BCUT2D eigenvalue weighted by molar-refractivity contribution is 6.30. The maximum absolute atomic E-state index is 13.1. The van der Waals surface area contributed by atoms with Gasteiger partial charge in [0, 0.05) is 10.4 Å². The molecule has 0 saturated carbocycles. The number of hydrogen-bond donors (Lipinski definition) is 0. The van der Waals surface area contributed by atoms with Crippen LogP contribution in [0.1, 0.15) is 38.8 Å². The van der Waals surface area contributed by atoms with Crippen LogP contribution in [0.4, 0.5) is 0 Å². The summed E-state index contributed by atoms with van der Waals surface area (Å²) in [5.74, 6) is 0.114. The molecule has 0 spiro atoms. The molecule has 2 aromatic rings. The number of aromatic nitrogens is 3. The molecule has 0 bridgehead atoms. The van der Waals surface area contributed by atoms with Crippen molar-refractivity contribution in [1.82, 2.24) is 14.8 Å². The Morgan fingerprint density at radius 2 is 2.04 bits per heavy atom. The zero-order chi connectivity index (χ0) is 16.9. The number of nitrogens with zero attached hydrogens (tertiary/aromatic N) is 3. The third-order valence-corrected chi connectivity index (χ3v) is 4.02. The molecule has 1 aromatic heterocycles. The van der Waals surface area contributed by atoms with Crippen LogP contribution in [0.25, 0.3) is 0 Å².